The third kappa shape index (κ3) is 11.7. The summed E-state index contributed by atoms with van der Waals surface area (Å²) in [6.07, 6.45) is 8.74. The first kappa shape index (κ1) is 13.7. The average molecular weight is 198 g/mol. The van der Waals surface area contributed by atoms with Gasteiger partial charge in [-0.2, -0.15) is 0 Å². The Bertz CT molecular complexity index is 129. The second-order valence-corrected chi connectivity index (χ2v) is 4.09. The lowest BCUT2D eigenvalue weighted by Gasteiger charge is -2.03. The highest BCUT2D eigenvalue weighted by atomic mass is 16.5. The SMILES string of the molecule is C=C(C)CCCCCOCCCCC. The maximum atomic E-state index is 5.52. The summed E-state index contributed by atoms with van der Waals surface area (Å²) in [5, 5.41) is 0. The lowest BCUT2D eigenvalue weighted by Crippen LogP contribution is -1.96. The van der Waals surface area contributed by atoms with Gasteiger partial charge in [0.15, 0.2) is 0 Å². The van der Waals surface area contributed by atoms with Gasteiger partial charge in [0.2, 0.25) is 0 Å². The molecule has 0 heterocycles. The first-order valence-electron chi connectivity index (χ1n) is 5.99. The molecule has 0 aromatic carbocycles. The van der Waals surface area contributed by atoms with Crippen LogP contribution in [0.15, 0.2) is 12.2 Å². The minimum Gasteiger partial charge on any atom is -0.381 e. The van der Waals surface area contributed by atoms with E-state index in [9.17, 15) is 0 Å². The summed E-state index contributed by atoms with van der Waals surface area (Å²) in [4.78, 5) is 0. The van der Waals surface area contributed by atoms with Crippen molar-refractivity contribution in [2.75, 3.05) is 13.2 Å². The van der Waals surface area contributed by atoms with E-state index in [1.807, 2.05) is 0 Å². The molecule has 0 radical (unpaired) electrons. The molecule has 0 fully saturated rings. The number of rotatable bonds is 10. The van der Waals surface area contributed by atoms with Crippen LogP contribution in [0.2, 0.25) is 0 Å². The van der Waals surface area contributed by atoms with Gasteiger partial charge in [-0.3, -0.25) is 0 Å². The molecule has 0 aliphatic rings. The van der Waals surface area contributed by atoms with Crippen LogP contribution < -0.4 is 0 Å². The number of allylic oxidation sites excluding steroid dienone is 1. The van der Waals surface area contributed by atoms with E-state index >= 15 is 0 Å². The first-order chi connectivity index (χ1) is 6.77. The Morgan fingerprint density at radius 2 is 1.64 bits per heavy atom. The van der Waals surface area contributed by atoms with Crippen molar-refractivity contribution in [2.45, 2.75) is 58.8 Å². The molecule has 0 aromatic rings. The lowest BCUT2D eigenvalue weighted by atomic mass is 10.1. The fraction of sp³-hybridized carbons (Fsp3) is 0.846. The zero-order valence-electron chi connectivity index (χ0n) is 9.98. The highest BCUT2D eigenvalue weighted by molar-refractivity contribution is 4.86. The zero-order valence-corrected chi connectivity index (χ0v) is 9.98. The van der Waals surface area contributed by atoms with Crippen LogP contribution in [-0.4, -0.2) is 13.2 Å². The van der Waals surface area contributed by atoms with Crippen molar-refractivity contribution in [2.24, 2.45) is 0 Å². The van der Waals surface area contributed by atoms with E-state index in [1.165, 1.54) is 50.5 Å². The molecule has 0 atom stereocenters. The Kier molecular flexibility index (Phi) is 10.5. The van der Waals surface area contributed by atoms with Crippen LogP contribution in [0, 0.1) is 0 Å². The van der Waals surface area contributed by atoms with E-state index in [0.717, 1.165) is 13.2 Å². The molecular weight excluding hydrogens is 172 g/mol. The maximum absolute atomic E-state index is 5.52. The molecule has 0 unspecified atom stereocenters. The van der Waals surface area contributed by atoms with Crippen molar-refractivity contribution in [3.8, 4) is 0 Å². The van der Waals surface area contributed by atoms with Crippen LogP contribution in [0.5, 0.6) is 0 Å². The van der Waals surface area contributed by atoms with Gasteiger partial charge < -0.3 is 4.74 Å². The monoisotopic (exact) mass is 198 g/mol. The molecule has 0 spiro atoms. The molecule has 84 valence electrons. The van der Waals surface area contributed by atoms with Crippen molar-refractivity contribution in [1.82, 2.24) is 0 Å². The topological polar surface area (TPSA) is 9.23 Å². The van der Waals surface area contributed by atoms with Gasteiger partial charge in [-0.25, -0.2) is 0 Å². The van der Waals surface area contributed by atoms with Crippen LogP contribution in [0.25, 0.3) is 0 Å². The number of hydrogen-bond acceptors (Lipinski definition) is 1. The van der Waals surface area contributed by atoms with Crippen LogP contribution in [0.1, 0.15) is 58.8 Å². The van der Waals surface area contributed by atoms with Gasteiger partial charge in [-0.05, 0) is 32.6 Å². The molecule has 0 N–H and O–H groups in total. The third-order valence-electron chi connectivity index (χ3n) is 2.28. The molecule has 14 heavy (non-hydrogen) atoms. The van der Waals surface area contributed by atoms with Gasteiger partial charge in [0, 0.05) is 13.2 Å². The highest BCUT2D eigenvalue weighted by Gasteiger charge is 1.91. The van der Waals surface area contributed by atoms with Gasteiger partial charge in [0.25, 0.3) is 0 Å². The summed E-state index contributed by atoms with van der Waals surface area (Å²) < 4.78 is 5.52. The molecule has 0 amide bonds. The van der Waals surface area contributed by atoms with Crippen molar-refractivity contribution in [3.63, 3.8) is 0 Å². The largest absolute Gasteiger partial charge is 0.381 e. The summed E-state index contributed by atoms with van der Waals surface area (Å²) in [6, 6.07) is 0. The molecule has 0 rings (SSSR count). The summed E-state index contributed by atoms with van der Waals surface area (Å²) in [5.74, 6) is 0. The van der Waals surface area contributed by atoms with Crippen molar-refractivity contribution >= 4 is 0 Å². The summed E-state index contributed by atoms with van der Waals surface area (Å²) in [7, 11) is 0. The second-order valence-electron chi connectivity index (χ2n) is 4.09. The predicted molar refractivity (Wildman–Crippen MR) is 63.6 cm³/mol. The minimum absolute atomic E-state index is 0.944. The van der Waals surface area contributed by atoms with Crippen LogP contribution in [-0.2, 0) is 4.74 Å². The smallest absolute Gasteiger partial charge is 0.0466 e. The van der Waals surface area contributed by atoms with E-state index in [4.69, 9.17) is 4.74 Å². The van der Waals surface area contributed by atoms with E-state index in [-0.39, 0.29) is 0 Å². The molecule has 0 saturated heterocycles. The second kappa shape index (κ2) is 10.8. The first-order valence-corrected chi connectivity index (χ1v) is 5.99. The van der Waals surface area contributed by atoms with Crippen LogP contribution in [0.4, 0.5) is 0 Å². The average Bonchev–Trinajstić information content (AvgIpc) is 2.15. The van der Waals surface area contributed by atoms with Gasteiger partial charge in [0.1, 0.15) is 0 Å². The Morgan fingerprint density at radius 1 is 1.00 bits per heavy atom. The van der Waals surface area contributed by atoms with Crippen molar-refractivity contribution in [1.29, 1.82) is 0 Å². The van der Waals surface area contributed by atoms with Crippen molar-refractivity contribution in [3.05, 3.63) is 12.2 Å². The van der Waals surface area contributed by atoms with E-state index in [1.54, 1.807) is 0 Å². The Morgan fingerprint density at radius 3 is 2.21 bits per heavy atom. The molecule has 1 nitrogen and oxygen atoms in total. The molecule has 0 aliphatic carbocycles. The number of ether oxygens (including phenoxy) is 1. The Hall–Kier alpha value is -0.300. The van der Waals surface area contributed by atoms with Crippen LogP contribution >= 0.6 is 0 Å². The van der Waals surface area contributed by atoms with Crippen molar-refractivity contribution < 1.29 is 4.74 Å². The highest BCUT2D eigenvalue weighted by Crippen LogP contribution is 2.06. The van der Waals surface area contributed by atoms with Crippen LogP contribution in [0.3, 0.4) is 0 Å². The Labute approximate surface area is 89.5 Å². The quantitative estimate of drug-likeness (QED) is 0.375. The standard InChI is InChI=1S/C13H26O/c1-4-5-8-11-14-12-9-6-7-10-13(2)3/h2,4-12H2,1,3H3. The van der Waals surface area contributed by atoms with E-state index in [0.29, 0.717) is 0 Å². The summed E-state index contributed by atoms with van der Waals surface area (Å²) in [5.41, 5.74) is 1.30. The van der Waals surface area contributed by atoms with Gasteiger partial charge >= 0.3 is 0 Å². The molecule has 1 heteroatoms. The molecule has 0 aliphatic heterocycles. The maximum Gasteiger partial charge on any atom is 0.0466 e. The molecule has 0 saturated carbocycles. The van der Waals surface area contributed by atoms with Gasteiger partial charge in [-0.1, -0.05) is 31.8 Å². The minimum atomic E-state index is 0.944. The zero-order chi connectivity index (χ0) is 10.6. The van der Waals surface area contributed by atoms with Gasteiger partial charge in [-0.15, -0.1) is 6.58 Å². The third-order valence-corrected chi connectivity index (χ3v) is 2.28. The number of unbranched alkanes of at least 4 members (excludes halogenated alkanes) is 4. The fourth-order valence-electron chi connectivity index (χ4n) is 1.36. The van der Waals surface area contributed by atoms with E-state index < -0.39 is 0 Å². The molecular formula is C13H26O. The molecule has 0 bridgehead atoms. The van der Waals surface area contributed by atoms with Gasteiger partial charge in [0.05, 0.1) is 0 Å². The fourth-order valence-corrected chi connectivity index (χ4v) is 1.36. The number of hydrogen-bond donors (Lipinski definition) is 0. The Balaban J connectivity index is 2.88. The predicted octanol–water partition coefficient (Wildman–Crippen LogP) is 4.33. The lowest BCUT2D eigenvalue weighted by molar-refractivity contribution is 0.126. The van der Waals surface area contributed by atoms with E-state index in [2.05, 4.69) is 20.4 Å². The summed E-state index contributed by atoms with van der Waals surface area (Å²) >= 11 is 0. The summed E-state index contributed by atoms with van der Waals surface area (Å²) in [6.45, 7) is 10.1. The normalized spacial score (nSPS) is 10.4. The molecule has 0 aromatic heterocycles.